The quantitative estimate of drug-likeness (QED) is 0.641. The summed E-state index contributed by atoms with van der Waals surface area (Å²) in [7, 11) is 0. The minimum atomic E-state index is 0. The molecule has 1 rings (SSSR count). The fraction of sp³-hybridized carbons (Fsp3) is 0. The van der Waals surface area contributed by atoms with Crippen molar-refractivity contribution in [3.05, 3.63) is 35.4 Å². The Morgan fingerprint density at radius 1 is 1.00 bits per heavy atom. The molecule has 0 aliphatic rings. The molecule has 0 fully saturated rings. The molecule has 0 spiro atoms. The third-order valence-corrected chi connectivity index (χ3v) is 0.985. The van der Waals surface area contributed by atoms with Gasteiger partial charge in [0.1, 0.15) is 0 Å². The van der Waals surface area contributed by atoms with E-state index in [-0.39, 0.29) is 26.2 Å². The summed E-state index contributed by atoms with van der Waals surface area (Å²) in [4.78, 5) is 0. The molecule has 1 aromatic rings. The first-order valence-electron chi connectivity index (χ1n) is 2.10. The van der Waals surface area contributed by atoms with Crippen LogP contribution in [0.3, 0.4) is 0 Å². The van der Waals surface area contributed by atoms with Crippen molar-refractivity contribution in [2.24, 2.45) is 0 Å². The minimum Gasteiger partial charge on any atom is -0.0843 e. The zero-order valence-corrected chi connectivity index (χ0v) is 8.44. The summed E-state index contributed by atoms with van der Waals surface area (Å²) in [5.41, 5.74) is 0. The van der Waals surface area contributed by atoms with Gasteiger partial charge in [-0.3, -0.25) is 0 Å². The molecular formula is C6H5BiCl. The van der Waals surface area contributed by atoms with E-state index in [1.807, 2.05) is 30.3 Å². The Morgan fingerprint density at radius 3 is 1.75 bits per heavy atom. The van der Waals surface area contributed by atoms with E-state index in [1.165, 1.54) is 0 Å². The smallest absolute Gasteiger partial charge is 0.0405 e. The van der Waals surface area contributed by atoms with Gasteiger partial charge in [0, 0.05) is 31.2 Å². The number of halogens is 1. The monoisotopic (exact) mass is 321 g/mol. The van der Waals surface area contributed by atoms with Gasteiger partial charge < -0.3 is 0 Å². The molecule has 0 aliphatic carbocycles. The van der Waals surface area contributed by atoms with Crippen LogP contribution in [0.4, 0.5) is 0 Å². The average molecular weight is 322 g/mol. The van der Waals surface area contributed by atoms with Crippen molar-refractivity contribution in [2.45, 2.75) is 0 Å². The van der Waals surface area contributed by atoms with Crippen molar-refractivity contribution in [1.82, 2.24) is 0 Å². The second kappa shape index (κ2) is 4.29. The normalized spacial score (nSPS) is 7.62. The molecule has 0 N–H and O–H groups in total. The topological polar surface area (TPSA) is 0 Å². The number of hydrogen-bond donors (Lipinski definition) is 0. The van der Waals surface area contributed by atoms with Gasteiger partial charge >= 0.3 is 0 Å². The molecule has 0 aromatic heterocycles. The summed E-state index contributed by atoms with van der Waals surface area (Å²) in [6.07, 6.45) is 0. The summed E-state index contributed by atoms with van der Waals surface area (Å²) in [5, 5.41) is 0.794. The van der Waals surface area contributed by atoms with Crippen LogP contribution in [0.2, 0.25) is 5.02 Å². The van der Waals surface area contributed by atoms with Gasteiger partial charge in [-0.15, -0.1) is 0 Å². The fourth-order valence-corrected chi connectivity index (χ4v) is 0.560. The Labute approximate surface area is 73.0 Å². The Kier molecular flexibility index (Phi) is 4.50. The molecule has 1 aromatic carbocycles. The second-order valence-electron chi connectivity index (χ2n) is 1.30. The summed E-state index contributed by atoms with van der Waals surface area (Å²) in [6.45, 7) is 0. The van der Waals surface area contributed by atoms with E-state index in [2.05, 4.69) is 0 Å². The number of hydrogen-bond acceptors (Lipinski definition) is 0. The molecular weight excluding hydrogens is 316 g/mol. The molecule has 0 saturated carbocycles. The molecule has 41 valence electrons. The SMILES string of the molecule is Clc1ccccc1.[Bi]. The van der Waals surface area contributed by atoms with Crippen LogP contribution in [-0.4, -0.2) is 26.2 Å². The van der Waals surface area contributed by atoms with E-state index < -0.39 is 0 Å². The average Bonchev–Trinajstić information content (AvgIpc) is 1.69. The summed E-state index contributed by atoms with van der Waals surface area (Å²) >= 11 is 5.54. The molecule has 0 amide bonds. The summed E-state index contributed by atoms with van der Waals surface area (Å²) < 4.78 is 0. The van der Waals surface area contributed by atoms with E-state index in [1.54, 1.807) is 0 Å². The van der Waals surface area contributed by atoms with Crippen molar-refractivity contribution >= 4 is 37.8 Å². The van der Waals surface area contributed by atoms with Gasteiger partial charge in [0.05, 0.1) is 0 Å². The maximum absolute atomic E-state index is 5.54. The van der Waals surface area contributed by atoms with Crippen LogP contribution in [0.5, 0.6) is 0 Å². The first-order valence-corrected chi connectivity index (χ1v) is 2.48. The predicted molar refractivity (Wildman–Crippen MR) is 37.2 cm³/mol. The molecule has 3 radical (unpaired) electrons. The Bertz CT molecular complexity index is 138. The van der Waals surface area contributed by atoms with E-state index in [4.69, 9.17) is 11.6 Å². The maximum atomic E-state index is 5.54. The molecule has 0 atom stereocenters. The molecule has 0 nitrogen and oxygen atoms in total. The van der Waals surface area contributed by atoms with Gasteiger partial charge in [-0.2, -0.15) is 0 Å². The minimum absolute atomic E-state index is 0. The van der Waals surface area contributed by atoms with Crippen LogP contribution in [0.1, 0.15) is 0 Å². The van der Waals surface area contributed by atoms with Gasteiger partial charge in [-0.05, 0) is 12.1 Å². The van der Waals surface area contributed by atoms with Crippen LogP contribution in [0.15, 0.2) is 30.3 Å². The van der Waals surface area contributed by atoms with Crippen molar-refractivity contribution in [3.8, 4) is 0 Å². The van der Waals surface area contributed by atoms with Gasteiger partial charge in [-0.1, -0.05) is 29.8 Å². The van der Waals surface area contributed by atoms with E-state index in [0.29, 0.717) is 0 Å². The molecule has 0 bridgehead atoms. The van der Waals surface area contributed by atoms with Gasteiger partial charge in [-0.25, -0.2) is 0 Å². The first-order chi connectivity index (χ1) is 3.39. The van der Waals surface area contributed by atoms with Crippen molar-refractivity contribution in [3.63, 3.8) is 0 Å². The van der Waals surface area contributed by atoms with Crippen LogP contribution >= 0.6 is 11.6 Å². The standard InChI is InChI=1S/C6H5Cl.Bi/c7-6-4-2-1-3-5-6;/h1-5H;. The van der Waals surface area contributed by atoms with Crippen LogP contribution in [0, 0.1) is 0 Å². The molecule has 2 heteroatoms. The molecule has 0 aliphatic heterocycles. The van der Waals surface area contributed by atoms with Crippen molar-refractivity contribution in [1.29, 1.82) is 0 Å². The van der Waals surface area contributed by atoms with Gasteiger partial charge in [0.2, 0.25) is 0 Å². The predicted octanol–water partition coefficient (Wildman–Crippen LogP) is 1.96. The van der Waals surface area contributed by atoms with Crippen LogP contribution < -0.4 is 0 Å². The third-order valence-electron chi connectivity index (χ3n) is 0.733. The van der Waals surface area contributed by atoms with Gasteiger partial charge in [0.25, 0.3) is 0 Å². The van der Waals surface area contributed by atoms with Crippen LogP contribution in [0.25, 0.3) is 0 Å². The van der Waals surface area contributed by atoms with Crippen LogP contribution in [-0.2, 0) is 0 Å². The largest absolute Gasteiger partial charge is 0.0843 e. The van der Waals surface area contributed by atoms with Crippen molar-refractivity contribution in [2.75, 3.05) is 0 Å². The molecule has 0 saturated heterocycles. The van der Waals surface area contributed by atoms with E-state index >= 15 is 0 Å². The Hall–Kier alpha value is 0.393. The summed E-state index contributed by atoms with van der Waals surface area (Å²) in [6, 6.07) is 9.44. The van der Waals surface area contributed by atoms with E-state index in [0.717, 1.165) is 5.02 Å². The maximum Gasteiger partial charge on any atom is 0.0405 e. The summed E-state index contributed by atoms with van der Waals surface area (Å²) in [5.74, 6) is 0. The number of rotatable bonds is 0. The molecule has 0 heterocycles. The zero-order chi connectivity index (χ0) is 5.11. The second-order valence-corrected chi connectivity index (χ2v) is 1.73. The fourth-order valence-electron chi connectivity index (χ4n) is 0.415. The zero-order valence-electron chi connectivity index (χ0n) is 4.21. The third kappa shape index (κ3) is 2.64. The molecule has 0 unspecified atom stereocenters. The Balaban J connectivity index is 0.000000490. The molecule has 8 heavy (non-hydrogen) atoms. The van der Waals surface area contributed by atoms with Gasteiger partial charge in [0.15, 0.2) is 0 Å². The first kappa shape index (κ1) is 8.39. The van der Waals surface area contributed by atoms with Crippen molar-refractivity contribution < 1.29 is 0 Å². The van der Waals surface area contributed by atoms with E-state index in [9.17, 15) is 0 Å². The number of benzene rings is 1. The Morgan fingerprint density at radius 2 is 1.50 bits per heavy atom.